The lowest BCUT2D eigenvalue weighted by atomic mass is 10.1. The highest BCUT2D eigenvalue weighted by atomic mass is 19.4. The van der Waals surface area contributed by atoms with Gasteiger partial charge in [0.05, 0.1) is 24.9 Å². The lowest BCUT2D eigenvalue weighted by Crippen LogP contribution is -2.44. The lowest BCUT2D eigenvalue weighted by molar-refractivity contribution is -0.274. The zero-order chi connectivity index (χ0) is 35.3. The molecule has 264 valence electrons. The highest BCUT2D eigenvalue weighted by Crippen LogP contribution is 2.38. The topological polar surface area (TPSA) is 91.9 Å². The number of alkyl halides is 3. The molecule has 0 spiro atoms. The number of nitrogens with zero attached hydrogens (tertiary/aromatic N) is 5. The summed E-state index contributed by atoms with van der Waals surface area (Å²) in [6, 6.07) is 14.0. The molecule has 11 nitrogen and oxygen atoms in total. The first-order valence-electron chi connectivity index (χ1n) is 15.9. The molecular formula is C35H36F4N6O5. The second-order valence-corrected chi connectivity index (χ2v) is 11.7. The van der Waals surface area contributed by atoms with Crippen LogP contribution in [-0.4, -0.2) is 92.2 Å². The molecule has 2 aliphatic heterocycles. The van der Waals surface area contributed by atoms with Crippen LogP contribution in [0.25, 0.3) is 10.9 Å². The van der Waals surface area contributed by atoms with E-state index in [1.54, 1.807) is 37.6 Å². The van der Waals surface area contributed by atoms with Crippen molar-refractivity contribution >= 4 is 28.3 Å². The minimum Gasteiger partial charge on any atom is -0.493 e. The van der Waals surface area contributed by atoms with E-state index in [4.69, 9.17) is 14.2 Å². The van der Waals surface area contributed by atoms with Gasteiger partial charge in [0.1, 0.15) is 12.4 Å². The minimum atomic E-state index is -4.88. The lowest BCUT2D eigenvalue weighted by Gasteiger charge is -2.32. The molecule has 0 bridgehead atoms. The molecule has 3 aromatic carbocycles. The number of likely N-dealkylation sites (N-methyl/N-ethyl adjacent to an activating group) is 1. The minimum absolute atomic E-state index is 0.0905. The third kappa shape index (κ3) is 8.47. The quantitative estimate of drug-likeness (QED) is 0.133. The monoisotopic (exact) mass is 696 g/mol. The Morgan fingerprint density at radius 1 is 0.920 bits per heavy atom. The fraction of sp³-hybridized carbons (Fsp3) is 0.314. The predicted octanol–water partition coefficient (Wildman–Crippen LogP) is 6.87. The molecule has 15 heteroatoms. The van der Waals surface area contributed by atoms with Gasteiger partial charge in [0, 0.05) is 74.5 Å². The number of aromatic nitrogens is 1. The number of methoxy groups -OCH3 is 1. The average molecular weight is 697 g/mol. The van der Waals surface area contributed by atoms with Gasteiger partial charge in [-0.25, -0.2) is 9.18 Å². The van der Waals surface area contributed by atoms with Crippen LogP contribution in [-0.2, 0) is 0 Å². The van der Waals surface area contributed by atoms with Gasteiger partial charge in [-0.2, -0.15) is 0 Å². The van der Waals surface area contributed by atoms with Gasteiger partial charge < -0.3 is 39.0 Å². The Hall–Kier alpha value is -5.28. The molecule has 3 heterocycles. The van der Waals surface area contributed by atoms with Gasteiger partial charge in [-0.05, 0) is 49.9 Å². The highest BCUT2D eigenvalue weighted by molar-refractivity contribution is 5.91. The number of hydrogen-bond donors (Lipinski definition) is 1. The maximum absolute atomic E-state index is 15.3. The van der Waals surface area contributed by atoms with E-state index in [0.717, 1.165) is 45.2 Å². The van der Waals surface area contributed by atoms with Crippen molar-refractivity contribution in [3.8, 4) is 28.7 Å². The Labute approximate surface area is 286 Å². The molecule has 4 aromatic rings. The number of urea groups is 1. The standard InChI is InChI=1S/C35H36F4N6O5/c1-42-13-15-43(16-14-42)12-5-19-48-33-22-27-25(21-32(33)47-2)29(10-11-40-27)49-30-9-8-24(20-26(30)36)41-34(46)45-18-17-44(23-45)28-6-3-4-7-31(28)50-35(37,38)39/h3-4,6-11,17-18,20-22H,5,12-16,19,23H2,1-2H3,(H,41,46). The van der Waals surface area contributed by atoms with Crippen LogP contribution in [0.4, 0.5) is 33.7 Å². The summed E-state index contributed by atoms with van der Waals surface area (Å²) in [6.07, 6.45) is 0.362. The van der Waals surface area contributed by atoms with E-state index in [0.29, 0.717) is 34.8 Å². The molecule has 1 fully saturated rings. The Morgan fingerprint density at radius 2 is 1.72 bits per heavy atom. The number of fused-ring (bicyclic) bond motifs is 1. The van der Waals surface area contributed by atoms with Crippen LogP contribution in [0, 0.1) is 5.82 Å². The molecule has 50 heavy (non-hydrogen) atoms. The van der Waals surface area contributed by atoms with Crippen LogP contribution < -0.4 is 29.2 Å². The number of halogens is 4. The van der Waals surface area contributed by atoms with Crippen molar-refractivity contribution in [2.24, 2.45) is 0 Å². The molecule has 1 N–H and O–H groups in total. The van der Waals surface area contributed by atoms with Crippen molar-refractivity contribution in [2.45, 2.75) is 12.8 Å². The van der Waals surface area contributed by atoms with Gasteiger partial charge in [-0.1, -0.05) is 12.1 Å². The first-order chi connectivity index (χ1) is 24.1. The number of para-hydroxylation sites is 2. The van der Waals surface area contributed by atoms with Crippen molar-refractivity contribution in [1.29, 1.82) is 0 Å². The number of nitrogens with one attached hydrogen (secondary N) is 1. The van der Waals surface area contributed by atoms with Crippen molar-refractivity contribution in [2.75, 3.05) is 70.4 Å². The normalized spacial score (nSPS) is 15.4. The number of carbonyl (C=O) groups is 1. The largest absolute Gasteiger partial charge is 0.573 e. The summed E-state index contributed by atoms with van der Waals surface area (Å²) >= 11 is 0. The Kier molecular flexibility index (Phi) is 10.4. The Balaban J connectivity index is 1.07. The molecule has 1 aromatic heterocycles. The van der Waals surface area contributed by atoms with Crippen LogP contribution in [0.3, 0.4) is 0 Å². The smallest absolute Gasteiger partial charge is 0.493 e. The molecule has 0 radical (unpaired) electrons. The van der Waals surface area contributed by atoms with Crippen molar-refractivity contribution in [3.63, 3.8) is 0 Å². The van der Waals surface area contributed by atoms with E-state index < -0.39 is 24.0 Å². The van der Waals surface area contributed by atoms with Crippen LogP contribution in [0.5, 0.6) is 28.7 Å². The second kappa shape index (κ2) is 15.1. The number of piperazine rings is 1. The second-order valence-electron chi connectivity index (χ2n) is 11.7. The first-order valence-corrected chi connectivity index (χ1v) is 15.9. The maximum Gasteiger partial charge on any atom is 0.573 e. The maximum atomic E-state index is 15.3. The van der Waals surface area contributed by atoms with Gasteiger partial charge >= 0.3 is 12.4 Å². The van der Waals surface area contributed by atoms with Crippen molar-refractivity contribution in [1.82, 2.24) is 19.7 Å². The Bertz CT molecular complexity index is 1850. The summed E-state index contributed by atoms with van der Waals surface area (Å²) < 4.78 is 75.6. The van der Waals surface area contributed by atoms with E-state index >= 15 is 4.39 Å². The number of carbonyl (C=O) groups excluding carboxylic acids is 1. The molecule has 6 rings (SSSR count). The van der Waals surface area contributed by atoms with E-state index in [1.165, 1.54) is 52.5 Å². The third-order valence-electron chi connectivity index (χ3n) is 8.25. The number of ether oxygens (including phenoxy) is 4. The summed E-state index contributed by atoms with van der Waals surface area (Å²) in [5.41, 5.74) is 0.829. The SMILES string of the molecule is COc1cc2c(Oc3ccc(NC(=O)N4C=CN(c5ccccc5OC(F)(F)F)C4)cc3F)ccnc2cc1OCCCN1CCN(C)CC1. The molecule has 0 saturated carbocycles. The fourth-order valence-corrected chi connectivity index (χ4v) is 5.62. The van der Waals surface area contributed by atoms with E-state index in [1.807, 2.05) is 0 Å². The zero-order valence-corrected chi connectivity index (χ0v) is 27.5. The van der Waals surface area contributed by atoms with E-state index in [2.05, 4.69) is 31.9 Å². The number of amides is 2. The molecule has 2 aliphatic rings. The molecule has 0 aliphatic carbocycles. The van der Waals surface area contributed by atoms with E-state index in [-0.39, 0.29) is 23.8 Å². The van der Waals surface area contributed by atoms with Gasteiger partial charge in [-0.3, -0.25) is 9.88 Å². The van der Waals surface area contributed by atoms with Crippen molar-refractivity contribution in [3.05, 3.63) is 85.1 Å². The number of pyridine rings is 1. The number of benzene rings is 3. The number of rotatable bonds is 11. The van der Waals surface area contributed by atoms with Crippen LogP contribution in [0.15, 0.2) is 79.3 Å². The summed E-state index contributed by atoms with van der Waals surface area (Å²) in [6.45, 7) is 5.56. The molecule has 1 saturated heterocycles. The van der Waals surface area contributed by atoms with Crippen LogP contribution in [0.2, 0.25) is 0 Å². The summed E-state index contributed by atoms with van der Waals surface area (Å²) in [4.78, 5) is 24.7. The zero-order valence-electron chi connectivity index (χ0n) is 27.5. The summed E-state index contributed by atoms with van der Waals surface area (Å²) in [5, 5.41) is 3.17. The number of hydrogen-bond acceptors (Lipinski definition) is 9. The van der Waals surface area contributed by atoms with Crippen molar-refractivity contribution < 1.29 is 41.3 Å². The van der Waals surface area contributed by atoms with Gasteiger partial charge in [-0.15, -0.1) is 13.2 Å². The Morgan fingerprint density at radius 3 is 2.48 bits per heavy atom. The molecular weight excluding hydrogens is 660 g/mol. The molecule has 2 amide bonds. The third-order valence-corrected chi connectivity index (χ3v) is 8.25. The van der Waals surface area contributed by atoms with Crippen LogP contribution in [0.1, 0.15) is 6.42 Å². The van der Waals surface area contributed by atoms with Crippen LogP contribution >= 0.6 is 0 Å². The van der Waals surface area contributed by atoms with Gasteiger partial charge in [0.2, 0.25) is 0 Å². The number of anilines is 2. The molecule has 0 atom stereocenters. The fourth-order valence-electron chi connectivity index (χ4n) is 5.62. The molecule has 0 unspecified atom stereocenters. The summed E-state index contributed by atoms with van der Waals surface area (Å²) in [7, 11) is 3.67. The highest BCUT2D eigenvalue weighted by Gasteiger charge is 2.33. The summed E-state index contributed by atoms with van der Waals surface area (Å²) in [5.74, 6) is 0.126. The van der Waals surface area contributed by atoms with Gasteiger partial charge in [0.25, 0.3) is 0 Å². The average Bonchev–Trinajstić information content (AvgIpc) is 3.58. The van der Waals surface area contributed by atoms with E-state index in [9.17, 15) is 18.0 Å². The first kappa shape index (κ1) is 34.6. The predicted molar refractivity (Wildman–Crippen MR) is 179 cm³/mol. The van der Waals surface area contributed by atoms with Gasteiger partial charge in [0.15, 0.2) is 28.8 Å².